The lowest BCUT2D eigenvalue weighted by atomic mass is 10.1. The number of carbonyl (C=O) groups is 1. The van der Waals surface area contributed by atoms with Crippen LogP contribution >= 0.6 is 0 Å². The van der Waals surface area contributed by atoms with Crippen molar-refractivity contribution in [2.45, 2.75) is 0 Å². The van der Waals surface area contributed by atoms with Crippen molar-refractivity contribution in [1.29, 1.82) is 0 Å². The standard InChI is InChI=1S/C14H17NO9/c1-19-14(16)10-6-12-13(7-11(10)15(17)18)24-5-3-21-9-22-8-20-2-4-23-12/h6-7H,2-5,8-9H2,1H3. The molecule has 0 unspecified atom stereocenters. The van der Waals surface area contributed by atoms with Crippen molar-refractivity contribution in [3.63, 3.8) is 0 Å². The first-order chi connectivity index (χ1) is 11.6. The number of carbonyl (C=O) groups excluding carboxylic acids is 1. The molecule has 1 aliphatic heterocycles. The molecule has 0 saturated heterocycles. The molecule has 132 valence electrons. The fourth-order valence-electron chi connectivity index (χ4n) is 1.89. The average molecular weight is 343 g/mol. The smallest absolute Gasteiger partial charge is 0.345 e. The van der Waals surface area contributed by atoms with E-state index >= 15 is 0 Å². The van der Waals surface area contributed by atoms with Crippen molar-refractivity contribution in [1.82, 2.24) is 0 Å². The van der Waals surface area contributed by atoms with Crippen LogP contribution in [0.2, 0.25) is 0 Å². The average Bonchev–Trinajstić information content (AvgIpc) is 2.60. The van der Waals surface area contributed by atoms with Crippen LogP contribution in [0.25, 0.3) is 0 Å². The van der Waals surface area contributed by atoms with Gasteiger partial charge in [-0.1, -0.05) is 0 Å². The van der Waals surface area contributed by atoms with Crippen LogP contribution < -0.4 is 9.47 Å². The van der Waals surface area contributed by atoms with Gasteiger partial charge in [0.1, 0.15) is 32.4 Å². The molecule has 0 aromatic heterocycles. The third-order valence-electron chi connectivity index (χ3n) is 2.97. The summed E-state index contributed by atoms with van der Waals surface area (Å²) in [5.74, 6) is -0.549. The first-order valence-corrected chi connectivity index (χ1v) is 7.03. The maximum Gasteiger partial charge on any atom is 0.345 e. The van der Waals surface area contributed by atoms with Crippen molar-refractivity contribution in [2.75, 3.05) is 47.1 Å². The van der Waals surface area contributed by atoms with Crippen molar-refractivity contribution in [3.05, 3.63) is 27.8 Å². The molecule has 0 atom stereocenters. The molecular weight excluding hydrogens is 326 g/mol. The number of nitro groups is 1. The number of hydrogen-bond acceptors (Lipinski definition) is 9. The second-order valence-corrected chi connectivity index (χ2v) is 4.52. The molecule has 0 N–H and O–H groups in total. The van der Waals surface area contributed by atoms with E-state index in [1.807, 2.05) is 0 Å². The Morgan fingerprint density at radius 2 is 1.62 bits per heavy atom. The Morgan fingerprint density at radius 1 is 1.04 bits per heavy atom. The van der Waals surface area contributed by atoms with Gasteiger partial charge in [0.2, 0.25) is 0 Å². The van der Waals surface area contributed by atoms with Gasteiger partial charge in [-0.15, -0.1) is 0 Å². The van der Waals surface area contributed by atoms with Crippen molar-refractivity contribution < 1.29 is 38.1 Å². The minimum atomic E-state index is -0.844. The van der Waals surface area contributed by atoms with Crippen LogP contribution in [0.15, 0.2) is 12.1 Å². The predicted molar refractivity (Wildman–Crippen MR) is 78.1 cm³/mol. The monoisotopic (exact) mass is 343 g/mol. The second kappa shape index (κ2) is 9.01. The highest BCUT2D eigenvalue weighted by Crippen LogP contribution is 2.35. The Kier molecular flexibility index (Phi) is 6.73. The maximum atomic E-state index is 11.8. The summed E-state index contributed by atoms with van der Waals surface area (Å²) in [5, 5.41) is 11.2. The topological polar surface area (TPSA) is 116 Å². The summed E-state index contributed by atoms with van der Waals surface area (Å²) >= 11 is 0. The number of methoxy groups -OCH3 is 1. The highest BCUT2D eigenvalue weighted by atomic mass is 16.7. The van der Waals surface area contributed by atoms with Gasteiger partial charge < -0.3 is 28.4 Å². The molecule has 0 radical (unpaired) electrons. The molecule has 24 heavy (non-hydrogen) atoms. The van der Waals surface area contributed by atoms with E-state index in [9.17, 15) is 14.9 Å². The first-order valence-electron chi connectivity index (χ1n) is 7.03. The van der Waals surface area contributed by atoms with Gasteiger partial charge in [0.05, 0.1) is 31.3 Å². The number of hydrogen-bond donors (Lipinski definition) is 0. The van der Waals surface area contributed by atoms with Crippen molar-refractivity contribution in [2.24, 2.45) is 0 Å². The number of nitrogens with zero attached hydrogens (tertiary/aromatic N) is 1. The Labute approximate surface area is 137 Å². The molecule has 0 bridgehead atoms. The van der Waals surface area contributed by atoms with E-state index < -0.39 is 16.6 Å². The van der Waals surface area contributed by atoms with E-state index in [2.05, 4.69) is 4.74 Å². The van der Waals surface area contributed by atoms with Crippen LogP contribution in [0.1, 0.15) is 10.4 Å². The zero-order chi connectivity index (χ0) is 17.4. The molecule has 0 amide bonds. The minimum absolute atomic E-state index is 0.0402. The molecule has 10 heteroatoms. The molecule has 1 aromatic carbocycles. The SMILES string of the molecule is COC(=O)c1cc2c(cc1[N+](=O)[O-])OCCOCOCOCCO2. The Morgan fingerprint density at radius 3 is 2.17 bits per heavy atom. The second-order valence-electron chi connectivity index (χ2n) is 4.52. The molecule has 1 aromatic rings. The van der Waals surface area contributed by atoms with Crippen LogP contribution in [0.4, 0.5) is 5.69 Å². The summed E-state index contributed by atoms with van der Waals surface area (Å²) in [5.41, 5.74) is -0.663. The minimum Gasteiger partial charge on any atom is -0.487 e. The van der Waals surface area contributed by atoms with Crippen molar-refractivity contribution >= 4 is 11.7 Å². The third-order valence-corrected chi connectivity index (χ3v) is 2.97. The van der Waals surface area contributed by atoms with Crippen molar-refractivity contribution in [3.8, 4) is 11.5 Å². The Hall–Kier alpha value is -2.43. The lowest BCUT2D eigenvalue weighted by Gasteiger charge is -2.13. The van der Waals surface area contributed by atoms with Gasteiger partial charge in [-0.05, 0) is 0 Å². The Balaban J connectivity index is 2.32. The predicted octanol–water partition coefficient (Wildman–Crippen LogP) is 1.12. The molecule has 10 nitrogen and oxygen atoms in total. The molecule has 0 spiro atoms. The number of rotatable bonds is 2. The molecule has 1 heterocycles. The van der Waals surface area contributed by atoms with Gasteiger partial charge in [0, 0.05) is 6.07 Å². The molecule has 0 saturated carbocycles. The lowest BCUT2D eigenvalue weighted by Crippen LogP contribution is -2.11. The number of fused-ring (bicyclic) bond motifs is 1. The van der Waals surface area contributed by atoms with E-state index in [4.69, 9.17) is 23.7 Å². The molecule has 2 rings (SSSR count). The van der Waals surface area contributed by atoms with Crippen LogP contribution in [0, 0.1) is 10.1 Å². The molecule has 1 aliphatic rings. The zero-order valence-electron chi connectivity index (χ0n) is 13.0. The highest BCUT2D eigenvalue weighted by Gasteiger charge is 2.25. The first kappa shape index (κ1) is 17.9. The summed E-state index contributed by atoms with van der Waals surface area (Å²) in [6.07, 6.45) is 0. The van der Waals surface area contributed by atoms with Crippen LogP contribution in [-0.2, 0) is 18.9 Å². The van der Waals surface area contributed by atoms with Gasteiger partial charge in [-0.3, -0.25) is 10.1 Å². The van der Waals surface area contributed by atoms with Gasteiger partial charge >= 0.3 is 5.97 Å². The van der Waals surface area contributed by atoms with Crippen LogP contribution in [-0.4, -0.2) is 58.0 Å². The van der Waals surface area contributed by atoms with Gasteiger partial charge in [-0.2, -0.15) is 0 Å². The number of nitro benzene ring substituents is 1. The number of ether oxygens (including phenoxy) is 6. The van der Waals surface area contributed by atoms with E-state index in [1.54, 1.807) is 0 Å². The zero-order valence-corrected chi connectivity index (χ0v) is 13.0. The number of esters is 1. The lowest BCUT2D eigenvalue weighted by molar-refractivity contribution is -0.385. The summed E-state index contributed by atoms with van der Waals surface area (Å²) < 4.78 is 30.9. The fourth-order valence-corrected chi connectivity index (χ4v) is 1.89. The normalized spacial score (nSPS) is 16.2. The van der Waals surface area contributed by atoms with E-state index in [1.165, 1.54) is 6.07 Å². The quantitative estimate of drug-likeness (QED) is 0.442. The summed E-state index contributed by atoms with van der Waals surface area (Å²) in [7, 11) is 1.14. The summed E-state index contributed by atoms with van der Waals surface area (Å²) in [6, 6.07) is 2.34. The van der Waals surface area contributed by atoms with E-state index in [0.29, 0.717) is 0 Å². The van der Waals surface area contributed by atoms with Crippen LogP contribution in [0.3, 0.4) is 0 Å². The van der Waals surface area contributed by atoms with Gasteiger partial charge in [0.15, 0.2) is 11.5 Å². The molecular formula is C14H17NO9. The molecule has 0 fully saturated rings. The largest absolute Gasteiger partial charge is 0.487 e. The van der Waals surface area contributed by atoms with E-state index in [-0.39, 0.29) is 57.1 Å². The summed E-state index contributed by atoms with van der Waals surface area (Å²) in [6.45, 7) is 0.757. The highest BCUT2D eigenvalue weighted by molar-refractivity contribution is 5.94. The van der Waals surface area contributed by atoms with Gasteiger partial charge in [0.25, 0.3) is 5.69 Å². The Bertz CT molecular complexity index is 590. The van der Waals surface area contributed by atoms with E-state index in [0.717, 1.165) is 13.2 Å². The van der Waals surface area contributed by atoms with Gasteiger partial charge in [-0.25, -0.2) is 4.79 Å². The molecule has 0 aliphatic carbocycles. The summed E-state index contributed by atoms with van der Waals surface area (Å²) in [4.78, 5) is 22.3. The van der Waals surface area contributed by atoms with Crippen LogP contribution in [0.5, 0.6) is 11.5 Å². The fraction of sp³-hybridized carbons (Fsp3) is 0.500. The number of benzene rings is 1. The third kappa shape index (κ3) is 4.78. The maximum absolute atomic E-state index is 11.8.